The number of thioether (sulfide) groups is 1. The molecule has 0 atom stereocenters. The minimum atomic E-state index is 0.476. The van der Waals surface area contributed by atoms with Gasteiger partial charge in [-0.25, -0.2) is 0 Å². The van der Waals surface area contributed by atoms with Gasteiger partial charge in [-0.3, -0.25) is 0 Å². The highest BCUT2D eigenvalue weighted by atomic mass is 32.2. The molecule has 0 spiro atoms. The van der Waals surface area contributed by atoms with Gasteiger partial charge in [0.05, 0.1) is 0 Å². The van der Waals surface area contributed by atoms with E-state index in [1.54, 1.807) is 0 Å². The SMILES string of the molecule is SCCCSC1(c2ccccc2)CC1. The molecule has 1 aromatic rings. The molecule has 0 aromatic heterocycles. The molecule has 2 heteroatoms. The van der Waals surface area contributed by atoms with Crippen LogP contribution >= 0.6 is 24.4 Å². The largest absolute Gasteiger partial charge is 0.179 e. The molecule has 0 heterocycles. The predicted molar refractivity (Wildman–Crippen MR) is 68.3 cm³/mol. The maximum absolute atomic E-state index is 4.24. The third kappa shape index (κ3) is 2.29. The van der Waals surface area contributed by atoms with Gasteiger partial charge in [0.15, 0.2) is 0 Å². The van der Waals surface area contributed by atoms with Gasteiger partial charge in [-0.2, -0.15) is 24.4 Å². The Bertz CT molecular complexity index is 278. The third-order valence-corrected chi connectivity index (χ3v) is 4.69. The quantitative estimate of drug-likeness (QED) is 0.587. The van der Waals surface area contributed by atoms with Crippen LogP contribution in [0.3, 0.4) is 0 Å². The summed E-state index contributed by atoms with van der Waals surface area (Å²) in [5.74, 6) is 2.26. The molecule has 0 radical (unpaired) electrons. The summed E-state index contributed by atoms with van der Waals surface area (Å²) in [6, 6.07) is 10.9. The Morgan fingerprint density at radius 3 is 2.50 bits per heavy atom. The zero-order valence-electron chi connectivity index (χ0n) is 8.28. The van der Waals surface area contributed by atoms with Crippen molar-refractivity contribution in [3.63, 3.8) is 0 Å². The Balaban J connectivity index is 1.96. The molecule has 0 nitrogen and oxygen atoms in total. The first kappa shape index (κ1) is 10.4. The minimum absolute atomic E-state index is 0.476. The van der Waals surface area contributed by atoms with E-state index in [-0.39, 0.29) is 0 Å². The Hall–Kier alpha value is -0.0800. The second-order valence-electron chi connectivity index (χ2n) is 3.79. The van der Waals surface area contributed by atoms with Crippen molar-refractivity contribution in [2.24, 2.45) is 0 Å². The first-order valence-electron chi connectivity index (χ1n) is 5.18. The molecule has 0 bridgehead atoms. The van der Waals surface area contributed by atoms with Crippen LogP contribution in [-0.4, -0.2) is 11.5 Å². The van der Waals surface area contributed by atoms with Gasteiger partial charge in [0, 0.05) is 4.75 Å². The fourth-order valence-electron chi connectivity index (χ4n) is 1.70. The average molecular weight is 224 g/mol. The molecule has 2 rings (SSSR count). The van der Waals surface area contributed by atoms with Crippen molar-refractivity contribution in [1.82, 2.24) is 0 Å². The fraction of sp³-hybridized carbons (Fsp3) is 0.500. The highest BCUT2D eigenvalue weighted by Gasteiger charge is 2.44. The molecule has 1 saturated carbocycles. The third-order valence-electron chi connectivity index (χ3n) is 2.68. The van der Waals surface area contributed by atoms with E-state index in [0.717, 1.165) is 5.75 Å². The van der Waals surface area contributed by atoms with E-state index in [4.69, 9.17) is 0 Å². The number of rotatable bonds is 5. The van der Waals surface area contributed by atoms with Gasteiger partial charge in [0.25, 0.3) is 0 Å². The summed E-state index contributed by atoms with van der Waals surface area (Å²) in [5.41, 5.74) is 1.52. The van der Waals surface area contributed by atoms with E-state index < -0.39 is 0 Å². The zero-order valence-corrected chi connectivity index (χ0v) is 9.99. The van der Waals surface area contributed by atoms with Gasteiger partial charge in [-0.15, -0.1) is 0 Å². The minimum Gasteiger partial charge on any atom is -0.179 e. The lowest BCUT2D eigenvalue weighted by Gasteiger charge is -2.14. The maximum atomic E-state index is 4.24. The Labute approximate surface area is 95.9 Å². The number of hydrogen-bond donors (Lipinski definition) is 1. The lowest BCUT2D eigenvalue weighted by atomic mass is 10.1. The van der Waals surface area contributed by atoms with Gasteiger partial charge < -0.3 is 0 Å². The van der Waals surface area contributed by atoms with Gasteiger partial charge in [-0.05, 0) is 36.3 Å². The second-order valence-corrected chi connectivity index (χ2v) is 5.71. The predicted octanol–water partition coefficient (Wildman–Crippen LogP) is 3.73. The van der Waals surface area contributed by atoms with Crippen LogP contribution in [0.25, 0.3) is 0 Å². The molecule has 1 aromatic carbocycles. The van der Waals surface area contributed by atoms with Crippen LogP contribution in [-0.2, 0) is 4.75 Å². The average Bonchev–Trinajstić information content (AvgIpc) is 3.01. The van der Waals surface area contributed by atoms with Crippen LogP contribution in [0.1, 0.15) is 24.8 Å². The molecular formula is C12H16S2. The second kappa shape index (κ2) is 4.63. The molecule has 76 valence electrons. The Kier molecular flexibility index (Phi) is 3.45. The number of benzene rings is 1. The van der Waals surface area contributed by atoms with Crippen LogP contribution in [0, 0.1) is 0 Å². The smallest absolute Gasteiger partial charge is 0.0409 e. The fourth-order valence-corrected chi connectivity index (χ4v) is 3.45. The van der Waals surface area contributed by atoms with E-state index in [9.17, 15) is 0 Å². The van der Waals surface area contributed by atoms with Gasteiger partial charge in [0.2, 0.25) is 0 Å². The van der Waals surface area contributed by atoms with Crippen LogP contribution in [0.5, 0.6) is 0 Å². The van der Waals surface area contributed by atoms with Gasteiger partial charge >= 0.3 is 0 Å². The summed E-state index contributed by atoms with van der Waals surface area (Å²) in [6.07, 6.45) is 3.94. The molecule has 1 aliphatic rings. The lowest BCUT2D eigenvalue weighted by molar-refractivity contribution is 1.02. The summed E-state index contributed by atoms with van der Waals surface area (Å²) in [6.45, 7) is 0. The van der Waals surface area contributed by atoms with Crippen molar-refractivity contribution in [3.8, 4) is 0 Å². The molecule has 0 amide bonds. The highest BCUT2D eigenvalue weighted by molar-refractivity contribution is 8.00. The summed E-state index contributed by atoms with van der Waals surface area (Å²) in [7, 11) is 0. The van der Waals surface area contributed by atoms with E-state index in [2.05, 4.69) is 54.7 Å². The lowest BCUT2D eigenvalue weighted by Crippen LogP contribution is -2.01. The van der Waals surface area contributed by atoms with Crippen molar-refractivity contribution in [2.75, 3.05) is 11.5 Å². The summed E-state index contributed by atoms with van der Waals surface area (Å²) in [5, 5.41) is 0. The van der Waals surface area contributed by atoms with E-state index >= 15 is 0 Å². The topological polar surface area (TPSA) is 0 Å². The summed E-state index contributed by atoms with van der Waals surface area (Å²) in [4.78, 5) is 0. The van der Waals surface area contributed by atoms with Gasteiger partial charge in [0.1, 0.15) is 0 Å². The monoisotopic (exact) mass is 224 g/mol. The molecule has 0 unspecified atom stereocenters. The van der Waals surface area contributed by atoms with Crippen LogP contribution in [0.15, 0.2) is 30.3 Å². The van der Waals surface area contributed by atoms with Crippen LogP contribution in [0.4, 0.5) is 0 Å². The molecular weight excluding hydrogens is 208 g/mol. The molecule has 0 saturated heterocycles. The van der Waals surface area contributed by atoms with Crippen molar-refractivity contribution in [1.29, 1.82) is 0 Å². The Morgan fingerprint density at radius 2 is 1.93 bits per heavy atom. The maximum Gasteiger partial charge on any atom is 0.0409 e. The number of thiol groups is 1. The van der Waals surface area contributed by atoms with E-state index in [0.29, 0.717) is 4.75 Å². The van der Waals surface area contributed by atoms with Crippen molar-refractivity contribution < 1.29 is 0 Å². The van der Waals surface area contributed by atoms with Crippen molar-refractivity contribution in [3.05, 3.63) is 35.9 Å². The molecule has 0 aliphatic heterocycles. The molecule has 0 N–H and O–H groups in total. The summed E-state index contributed by atoms with van der Waals surface area (Å²) < 4.78 is 0.476. The first-order chi connectivity index (χ1) is 6.87. The molecule has 1 fully saturated rings. The molecule has 1 aliphatic carbocycles. The zero-order chi connectivity index (χ0) is 9.86. The Morgan fingerprint density at radius 1 is 1.21 bits per heavy atom. The van der Waals surface area contributed by atoms with Crippen LogP contribution in [0.2, 0.25) is 0 Å². The summed E-state index contributed by atoms with van der Waals surface area (Å²) >= 11 is 6.36. The number of hydrogen-bond acceptors (Lipinski definition) is 2. The van der Waals surface area contributed by atoms with Crippen molar-refractivity contribution in [2.45, 2.75) is 24.0 Å². The first-order valence-corrected chi connectivity index (χ1v) is 6.79. The normalized spacial score (nSPS) is 18.1. The highest BCUT2D eigenvalue weighted by Crippen LogP contribution is 2.57. The van der Waals surface area contributed by atoms with Crippen LogP contribution < -0.4 is 0 Å². The van der Waals surface area contributed by atoms with E-state index in [1.807, 2.05) is 0 Å². The van der Waals surface area contributed by atoms with Gasteiger partial charge in [-0.1, -0.05) is 30.3 Å². The van der Waals surface area contributed by atoms with E-state index in [1.165, 1.54) is 30.6 Å². The molecule has 14 heavy (non-hydrogen) atoms. The standard InChI is InChI=1S/C12H16S2/c13-9-4-10-14-12(7-8-12)11-5-2-1-3-6-11/h1-3,5-6,13H,4,7-10H2. The van der Waals surface area contributed by atoms with Crippen molar-refractivity contribution >= 4 is 24.4 Å².